The van der Waals surface area contributed by atoms with Crippen LogP contribution in [0.3, 0.4) is 0 Å². The first-order valence-corrected chi connectivity index (χ1v) is 9.74. The lowest BCUT2D eigenvalue weighted by Gasteiger charge is -2.09. The average molecular weight is 461 g/mol. The minimum atomic E-state index is -0.710. The highest BCUT2D eigenvalue weighted by atomic mass is 35.5. The quantitative estimate of drug-likeness (QED) is 0.467. The van der Waals surface area contributed by atoms with Crippen molar-refractivity contribution >= 4 is 63.1 Å². The molecule has 28 heavy (non-hydrogen) atoms. The van der Waals surface area contributed by atoms with E-state index in [0.717, 1.165) is 11.3 Å². The summed E-state index contributed by atoms with van der Waals surface area (Å²) in [7, 11) is 0. The standard InChI is InChI=1S/C17H12Cl3N3O4S/c1-7(24)21-5-8-2-3-12(27-8)11-6-28-17(22-11)23-16(26)13-14(20)9(18)4-10(19)15(13)25/h2-4,6,25H,5H2,1H3,(H,21,24)(H,22,23,26). The Hall–Kier alpha value is -2.26. The molecule has 7 nitrogen and oxygen atoms in total. The number of anilines is 1. The van der Waals surface area contributed by atoms with Gasteiger partial charge in [0.05, 0.1) is 21.6 Å². The first-order chi connectivity index (χ1) is 13.3. The molecular weight excluding hydrogens is 449 g/mol. The normalized spacial score (nSPS) is 10.7. The number of hydrogen-bond donors (Lipinski definition) is 3. The van der Waals surface area contributed by atoms with Crippen molar-refractivity contribution in [3.63, 3.8) is 0 Å². The zero-order valence-corrected chi connectivity index (χ0v) is 17.3. The van der Waals surface area contributed by atoms with Crippen LogP contribution in [0.1, 0.15) is 23.0 Å². The second-order valence-corrected chi connectivity index (χ2v) is 7.60. The van der Waals surface area contributed by atoms with Crippen molar-refractivity contribution in [1.29, 1.82) is 0 Å². The number of hydrogen-bond acceptors (Lipinski definition) is 6. The maximum atomic E-state index is 12.5. The van der Waals surface area contributed by atoms with Crippen LogP contribution in [-0.4, -0.2) is 21.9 Å². The molecule has 1 aromatic carbocycles. The summed E-state index contributed by atoms with van der Waals surface area (Å²) in [6.07, 6.45) is 0. The molecule has 3 rings (SSSR count). The fourth-order valence-electron chi connectivity index (χ4n) is 2.22. The van der Waals surface area contributed by atoms with E-state index >= 15 is 0 Å². The van der Waals surface area contributed by atoms with Crippen LogP contribution in [0.2, 0.25) is 15.1 Å². The summed E-state index contributed by atoms with van der Waals surface area (Å²) < 4.78 is 5.61. The third-order valence-corrected chi connectivity index (χ3v) is 5.36. The van der Waals surface area contributed by atoms with E-state index in [1.807, 2.05) is 0 Å². The summed E-state index contributed by atoms with van der Waals surface area (Å²) in [4.78, 5) is 27.7. The number of aromatic nitrogens is 1. The van der Waals surface area contributed by atoms with E-state index in [-0.39, 0.29) is 38.2 Å². The number of thiazole rings is 1. The molecular formula is C17H12Cl3N3O4S. The van der Waals surface area contributed by atoms with Gasteiger partial charge in [0.1, 0.15) is 22.8 Å². The largest absolute Gasteiger partial charge is 0.505 e. The number of aromatic hydroxyl groups is 1. The molecule has 0 aliphatic heterocycles. The summed E-state index contributed by atoms with van der Waals surface area (Å²) in [5.41, 5.74) is 0.250. The molecule has 2 aromatic heterocycles. The summed E-state index contributed by atoms with van der Waals surface area (Å²) in [6, 6.07) is 4.67. The highest BCUT2D eigenvalue weighted by Gasteiger charge is 2.22. The Balaban J connectivity index is 1.77. The molecule has 0 atom stereocenters. The fourth-order valence-corrected chi connectivity index (χ4v) is 3.61. The minimum Gasteiger partial charge on any atom is -0.505 e. The van der Waals surface area contributed by atoms with E-state index < -0.39 is 11.7 Å². The van der Waals surface area contributed by atoms with Crippen LogP contribution in [-0.2, 0) is 11.3 Å². The van der Waals surface area contributed by atoms with E-state index in [1.165, 1.54) is 13.0 Å². The summed E-state index contributed by atoms with van der Waals surface area (Å²) in [6.45, 7) is 1.67. The number of furan rings is 1. The van der Waals surface area contributed by atoms with Crippen molar-refractivity contribution in [3.05, 3.63) is 50.0 Å². The maximum Gasteiger partial charge on any atom is 0.262 e. The van der Waals surface area contributed by atoms with Gasteiger partial charge in [-0.2, -0.15) is 0 Å². The summed E-state index contributed by atoms with van der Waals surface area (Å²) in [5, 5.41) is 17.0. The number of halogens is 3. The summed E-state index contributed by atoms with van der Waals surface area (Å²) in [5.74, 6) is -0.310. The van der Waals surface area contributed by atoms with Gasteiger partial charge in [-0.05, 0) is 18.2 Å². The van der Waals surface area contributed by atoms with Crippen molar-refractivity contribution in [2.75, 3.05) is 5.32 Å². The van der Waals surface area contributed by atoms with E-state index in [9.17, 15) is 14.7 Å². The number of carbonyl (C=O) groups excluding carboxylic acids is 2. The number of benzene rings is 1. The van der Waals surface area contributed by atoms with Crippen LogP contribution in [0, 0.1) is 0 Å². The third kappa shape index (κ3) is 4.41. The highest BCUT2D eigenvalue weighted by Crippen LogP contribution is 2.39. The van der Waals surface area contributed by atoms with E-state index in [2.05, 4.69) is 15.6 Å². The molecule has 0 saturated carbocycles. The Morgan fingerprint density at radius 1 is 1.25 bits per heavy atom. The highest BCUT2D eigenvalue weighted by molar-refractivity contribution is 7.14. The van der Waals surface area contributed by atoms with Crippen molar-refractivity contribution in [2.45, 2.75) is 13.5 Å². The SMILES string of the molecule is CC(=O)NCc1ccc(-c2csc(NC(=O)c3c(O)c(Cl)cc(Cl)c3Cl)n2)o1. The van der Waals surface area contributed by atoms with Crippen molar-refractivity contribution < 1.29 is 19.1 Å². The van der Waals surface area contributed by atoms with Gasteiger partial charge in [-0.1, -0.05) is 34.8 Å². The van der Waals surface area contributed by atoms with Crippen molar-refractivity contribution in [2.24, 2.45) is 0 Å². The number of rotatable bonds is 5. The van der Waals surface area contributed by atoms with Gasteiger partial charge in [0, 0.05) is 12.3 Å². The molecule has 2 amide bonds. The van der Waals surface area contributed by atoms with Gasteiger partial charge in [-0.15, -0.1) is 11.3 Å². The van der Waals surface area contributed by atoms with Crippen molar-refractivity contribution in [3.8, 4) is 17.2 Å². The lowest BCUT2D eigenvalue weighted by molar-refractivity contribution is -0.119. The molecule has 0 spiro atoms. The molecule has 0 saturated heterocycles. The fraction of sp³-hybridized carbons (Fsp3) is 0.118. The van der Waals surface area contributed by atoms with Crippen LogP contribution in [0.15, 0.2) is 28.0 Å². The van der Waals surface area contributed by atoms with E-state index in [0.29, 0.717) is 17.2 Å². The van der Waals surface area contributed by atoms with E-state index in [4.69, 9.17) is 39.2 Å². The van der Waals surface area contributed by atoms with Gasteiger partial charge in [0.2, 0.25) is 5.91 Å². The molecule has 0 aliphatic carbocycles. The van der Waals surface area contributed by atoms with Crippen LogP contribution in [0.5, 0.6) is 5.75 Å². The van der Waals surface area contributed by atoms with Crippen LogP contribution in [0.4, 0.5) is 5.13 Å². The first-order valence-electron chi connectivity index (χ1n) is 7.73. The Morgan fingerprint density at radius 3 is 2.71 bits per heavy atom. The van der Waals surface area contributed by atoms with Crippen LogP contribution in [0.25, 0.3) is 11.5 Å². The second-order valence-electron chi connectivity index (χ2n) is 5.55. The predicted molar refractivity (Wildman–Crippen MR) is 108 cm³/mol. The topological polar surface area (TPSA) is 104 Å². The number of phenols is 1. The smallest absolute Gasteiger partial charge is 0.262 e. The number of phenolic OH excluding ortho intramolecular Hbond substituents is 1. The zero-order chi connectivity index (χ0) is 20.4. The molecule has 0 fully saturated rings. The maximum absolute atomic E-state index is 12.5. The molecule has 146 valence electrons. The lowest BCUT2D eigenvalue weighted by atomic mass is 10.2. The number of amides is 2. The molecule has 3 aromatic rings. The average Bonchev–Trinajstić information content (AvgIpc) is 3.27. The van der Waals surface area contributed by atoms with Gasteiger partial charge in [-0.3, -0.25) is 14.9 Å². The van der Waals surface area contributed by atoms with Gasteiger partial charge in [-0.25, -0.2) is 4.98 Å². The predicted octanol–water partition coefficient (Wildman–Crippen LogP) is 4.96. The van der Waals surface area contributed by atoms with Crippen molar-refractivity contribution in [1.82, 2.24) is 10.3 Å². The minimum absolute atomic E-state index is 0.0386. The Bertz CT molecular complexity index is 1040. The molecule has 0 aliphatic rings. The zero-order valence-electron chi connectivity index (χ0n) is 14.2. The Labute approximate surface area is 178 Å². The Kier molecular flexibility index (Phi) is 6.14. The molecule has 2 heterocycles. The number of nitrogens with zero attached hydrogens (tertiary/aromatic N) is 1. The van der Waals surface area contributed by atoms with Gasteiger partial charge in [0.15, 0.2) is 10.9 Å². The number of nitrogens with one attached hydrogen (secondary N) is 2. The Morgan fingerprint density at radius 2 is 2.00 bits per heavy atom. The monoisotopic (exact) mass is 459 g/mol. The molecule has 11 heteroatoms. The summed E-state index contributed by atoms with van der Waals surface area (Å²) >= 11 is 18.9. The van der Waals surface area contributed by atoms with E-state index in [1.54, 1.807) is 17.5 Å². The lowest BCUT2D eigenvalue weighted by Crippen LogP contribution is -2.18. The van der Waals surface area contributed by atoms with Gasteiger partial charge in [0.25, 0.3) is 5.91 Å². The van der Waals surface area contributed by atoms with Crippen LogP contribution >= 0.6 is 46.1 Å². The first kappa shape index (κ1) is 20.5. The molecule has 0 unspecified atom stereocenters. The van der Waals surface area contributed by atoms with Crippen LogP contribution < -0.4 is 10.6 Å². The molecule has 0 bridgehead atoms. The number of carbonyl (C=O) groups is 2. The third-order valence-electron chi connectivity index (χ3n) is 3.52. The van der Waals surface area contributed by atoms with Gasteiger partial charge >= 0.3 is 0 Å². The second kappa shape index (κ2) is 8.40. The molecule has 3 N–H and O–H groups in total. The van der Waals surface area contributed by atoms with Gasteiger partial charge < -0.3 is 14.8 Å². The molecule has 0 radical (unpaired) electrons.